The molecule has 2 aromatic carbocycles. The lowest BCUT2D eigenvalue weighted by Crippen LogP contribution is -2.32. The molecule has 0 aliphatic carbocycles. The van der Waals surface area contributed by atoms with E-state index in [9.17, 15) is 14.4 Å². The number of H-pyrrole nitrogens is 1. The number of ether oxygens (including phenoxy) is 1. The second kappa shape index (κ2) is 12.1. The Morgan fingerprint density at radius 2 is 1.75 bits per heavy atom. The van der Waals surface area contributed by atoms with Gasteiger partial charge in [-0.3, -0.25) is 19.5 Å². The number of esters is 1. The number of hydrogen-bond acceptors (Lipinski definition) is 7. The third kappa shape index (κ3) is 7.27. The fourth-order valence-electron chi connectivity index (χ4n) is 4.52. The number of halogens is 2. The van der Waals surface area contributed by atoms with Gasteiger partial charge in [-0.05, 0) is 88.5 Å². The van der Waals surface area contributed by atoms with Crippen LogP contribution in [-0.2, 0) is 22.6 Å². The number of benzene rings is 2. The number of carbonyl (C=O) groups is 1. The fraction of sp³-hybridized carbons (Fsp3) is 0.414. The Kier molecular flexibility index (Phi) is 8.97. The molecule has 9 nitrogen and oxygen atoms in total. The van der Waals surface area contributed by atoms with Crippen LogP contribution in [-0.4, -0.2) is 49.1 Å². The van der Waals surface area contributed by atoms with Crippen molar-refractivity contribution >= 4 is 40.2 Å². The van der Waals surface area contributed by atoms with E-state index in [2.05, 4.69) is 19.9 Å². The van der Waals surface area contributed by atoms with E-state index in [4.69, 9.17) is 27.9 Å². The first kappa shape index (κ1) is 29.7. The SMILES string of the molecule is Cc1cc2nc3c(=O)[nH]c(=O)nc-3n(CCN(CCCC(=O)OC(C)(C)C)Cc3ccc(Cl)c(Cl)c3)c2cc1C. The summed E-state index contributed by atoms with van der Waals surface area (Å²) in [6.07, 6.45) is 0.859. The summed E-state index contributed by atoms with van der Waals surface area (Å²) < 4.78 is 7.34. The summed E-state index contributed by atoms with van der Waals surface area (Å²) in [6.45, 7) is 11.6. The van der Waals surface area contributed by atoms with Gasteiger partial charge in [0.15, 0.2) is 11.5 Å². The zero-order chi connectivity index (χ0) is 29.2. The van der Waals surface area contributed by atoms with Gasteiger partial charge in [0.05, 0.1) is 21.1 Å². The molecule has 2 aromatic rings. The first-order valence-electron chi connectivity index (χ1n) is 13.1. The molecule has 0 spiro atoms. The number of rotatable bonds is 9. The average Bonchev–Trinajstić information content (AvgIpc) is 2.84. The van der Waals surface area contributed by atoms with Crippen LogP contribution < -0.4 is 11.2 Å². The molecule has 1 N–H and O–H groups in total. The van der Waals surface area contributed by atoms with Crippen LogP contribution in [0, 0.1) is 13.8 Å². The molecule has 0 saturated heterocycles. The third-order valence-electron chi connectivity index (χ3n) is 6.53. The topological polar surface area (TPSA) is 110 Å². The predicted molar refractivity (Wildman–Crippen MR) is 157 cm³/mol. The lowest BCUT2D eigenvalue weighted by molar-refractivity contribution is -0.155. The monoisotopic (exact) mass is 585 g/mol. The van der Waals surface area contributed by atoms with Crippen LogP contribution in [0.4, 0.5) is 0 Å². The van der Waals surface area contributed by atoms with Gasteiger partial charge in [-0.25, -0.2) is 9.78 Å². The Balaban J connectivity index is 1.65. The van der Waals surface area contributed by atoms with Crippen molar-refractivity contribution in [2.75, 3.05) is 13.1 Å². The summed E-state index contributed by atoms with van der Waals surface area (Å²) in [5.41, 5.74) is 2.74. The molecule has 0 bridgehead atoms. The minimum atomic E-state index is -0.721. The third-order valence-corrected chi connectivity index (χ3v) is 7.27. The summed E-state index contributed by atoms with van der Waals surface area (Å²) in [7, 11) is 0. The normalized spacial score (nSPS) is 12.0. The minimum absolute atomic E-state index is 0.108. The first-order valence-corrected chi connectivity index (χ1v) is 13.9. The van der Waals surface area contributed by atoms with Gasteiger partial charge in [-0.15, -0.1) is 0 Å². The van der Waals surface area contributed by atoms with Crippen molar-refractivity contribution in [2.24, 2.45) is 0 Å². The zero-order valence-electron chi connectivity index (χ0n) is 23.3. The highest BCUT2D eigenvalue weighted by Crippen LogP contribution is 2.25. The van der Waals surface area contributed by atoms with Gasteiger partial charge in [0.25, 0.3) is 5.56 Å². The molecule has 212 valence electrons. The highest BCUT2D eigenvalue weighted by atomic mass is 35.5. The molecule has 0 aromatic heterocycles. The number of aromatic amines is 1. The van der Waals surface area contributed by atoms with Crippen molar-refractivity contribution in [1.29, 1.82) is 0 Å². The van der Waals surface area contributed by atoms with Gasteiger partial charge in [-0.2, -0.15) is 4.98 Å². The van der Waals surface area contributed by atoms with Crippen LogP contribution in [0.2, 0.25) is 10.0 Å². The average molecular weight is 587 g/mol. The van der Waals surface area contributed by atoms with Crippen molar-refractivity contribution in [3.63, 3.8) is 0 Å². The molecule has 0 amide bonds. The molecule has 0 radical (unpaired) electrons. The van der Waals surface area contributed by atoms with Crippen molar-refractivity contribution in [2.45, 2.75) is 66.2 Å². The molecule has 11 heteroatoms. The first-order chi connectivity index (χ1) is 18.8. The fourth-order valence-corrected chi connectivity index (χ4v) is 4.84. The number of fused-ring (bicyclic) bond motifs is 2. The molecule has 0 fully saturated rings. The predicted octanol–water partition coefficient (Wildman–Crippen LogP) is 5.13. The second-order valence-corrected chi connectivity index (χ2v) is 11.8. The van der Waals surface area contributed by atoms with Gasteiger partial charge in [0.2, 0.25) is 0 Å². The van der Waals surface area contributed by atoms with Crippen LogP contribution in [0.15, 0.2) is 39.9 Å². The van der Waals surface area contributed by atoms with E-state index in [1.54, 1.807) is 6.07 Å². The van der Waals surface area contributed by atoms with Crippen LogP contribution in [0.3, 0.4) is 0 Å². The van der Waals surface area contributed by atoms with Gasteiger partial charge in [-0.1, -0.05) is 29.3 Å². The number of nitrogens with zero attached hydrogens (tertiary/aromatic N) is 4. The number of aromatic nitrogens is 4. The Labute approximate surface area is 242 Å². The Morgan fingerprint density at radius 3 is 2.45 bits per heavy atom. The summed E-state index contributed by atoms with van der Waals surface area (Å²) in [5, 5.41) is 0.938. The maximum Gasteiger partial charge on any atom is 0.349 e. The van der Waals surface area contributed by atoms with Crippen molar-refractivity contribution in [3.05, 3.63) is 77.9 Å². The van der Waals surface area contributed by atoms with Gasteiger partial charge >= 0.3 is 11.7 Å². The number of carbonyl (C=O) groups excluding carboxylic acids is 1. The van der Waals surface area contributed by atoms with Gasteiger partial charge in [0, 0.05) is 26.1 Å². The van der Waals surface area contributed by atoms with Crippen LogP contribution >= 0.6 is 23.2 Å². The molecule has 2 heterocycles. The Morgan fingerprint density at radius 1 is 1.02 bits per heavy atom. The number of hydrogen-bond donors (Lipinski definition) is 1. The van der Waals surface area contributed by atoms with Crippen molar-refractivity contribution in [3.8, 4) is 11.5 Å². The van der Waals surface area contributed by atoms with Crippen LogP contribution in [0.25, 0.3) is 22.6 Å². The van der Waals surface area contributed by atoms with E-state index in [0.29, 0.717) is 48.2 Å². The maximum atomic E-state index is 12.6. The quantitative estimate of drug-likeness (QED) is 0.214. The highest BCUT2D eigenvalue weighted by molar-refractivity contribution is 6.42. The van der Waals surface area contributed by atoms with E-state index in [0.717, 1.165) is 22.2 Å². The van der Waals surface area contributed by atoms with E-state index >= 15 is 0 Å². The number of aryl methyl sites for hydroxylation is 2. The molecule has 2 aliphatic heterocycles. The lowest BCUT2D eigenvalue weighted by Gasteiger charge is -2.25. The molecule has 2 aliphatic rings. The molecule has 0 atom stereocenters. The maximum absolute atomic E-state index is 12.6. The molecule has 0 saturated carbocycles. The van der Waals surface area contributed by atoms with Crippen molar-refractivity contribution in [1.82, 2.24) is 24.4 Å². The highest BCUT2D eigenvalue weighted by Gasteiger charge is 2.21. The standard InChI is InChI=1S/C29H33Cl2N5O4/c1-17-13-22-23(14-18(17)2)36(26-25(32-22)27(38)34-28(39)33-26)12-11-35(10-6-7-24(37)40-29(3,4)5)16-19-8-9-20(30)21(31)15-19/h8-9,13-15H,6-7,10-12,16H2,1-5H3,(H,34,38,39). The van der Waals surface area contributed by atoms with Crippen molar-refractivity contribution < 1.29 is 9.53 Å². The molecular weight excluding hydrogens is 553 g/mol. The van der Waals surface area contributed by atoms with E-state index in [-0.39, 0.29) is 23.9 Å². The van der Waals surface area contributed by atoms with E-state index in [1.807, 2.05) is 63.5 Å². The zero-order valence-corrected chi connectivity index (χ0v) is 24.8. The van der Waals surface area contributed by atoms with Gasteiger partial charge in [0.1, 0.15) is 5.60 Å². The smallest absolute Gasteiger partial charge is 0.349 e. The lowest BCUT2D eigenvalue weighted by atomic mass is 10.1. The Hall–Kier alpha value is -3.27. The second-order valence-electron chi connectivity index (χ2n) is 10.9. The summed E-state index contributed by atoms with van der Waals surface area (Å²) in [6, 6.07) is 9.42. The van der Waals surface area contributed by atoms with Gasteiger partial charge < -0.3 is 9.30 Å². The largest absolute Gasteiger partial charge is 0.460 e. The Bertz CT molecular complexity index is 1640. The number of nitrogens with one attached hydrogen (secondary N) is 1. The molecule has 40 heavy (non-hydrogen) atoms. The summed E-state index contributed by atoms with van der Waals surface area (Å²) >= 11 is 12.4. The molecule has 0 unspecified atom stereocenters. The molecule has 4 rings (SSSR count). The molecular formula is C29H33Cl2N5O4. The minimum Gasteiger partial charge on any atom is -0.460 e. The van der Waals surface area contributed by atoms with E-state index < -0.39 is 16.9 Å². The van der Waals surface area contributed by atoms with E-state index in [1.165, 1.54) is 0 Å². The van der Waals surface area contributed by atoms with Crippen LogP contribution in [0.5, 0.6) is 0 Å². The van der Waals surface area contributed by atoms with Crippen LogP contribution in [0.1, 0.15) is 50.3 Å². The summed E-state index contributed by atoms with van der Waals surface area (Å²) in [5.74, 6) is -0.0209. The summed E-state index contributed by atoms with van der Waals surface area (Å²) in [4.78, 5) is 50.2.